The zero-order valence-corrected chi connectivity index (χ0v) is 13.5. The number of allylic oxidation sites excluding steroid dienone is 1. The van der Waals surface area contributed by atoms with Gasteiger partial charge in [-0.05, 0) is 43.5 Å². The Morgan fingerprint density at radius 3 is 2.53 bits per heavy atom. The number of aliphatic imine (C=N–C) groups is 1. The van der Waals surface area contributed by atoms with Gasteiger partial charge >= 0.3 is 0 Å². The maximum absolute atomic E-state index is 5.06. The van der Waals surface area contributed by atoms with Gasteiger partial charge in [0.05, 0.1) is 0 Å². The lowest BCUT2D eigenvalue weighted by atomic mass is 9.97. The molecule has 0 rings (SSSR count). The van der Waals surface area contributed by atoms with Crippen molar-refractivity contribution in [2.75, 3.05) is 20.3 Å². The van der Waals surface area contributed by atoms with E-state index in [1.165, 1.54) is 56.9 Å². The van der Waals surface area contributed by atoms with Crippen molar-refractivity contribution in [1.82, 2.24) is 0 Å². The number of hydrogen-bond acceptors (Lipinski definition) is 2. The maximum Gasteiger partial charge on any atom is 0.0484 e. The second-order valence-electron chi connectivity index (χ2n) is 5.48. The number of hydrogen-bond donors (Lipinski definition) is 0. The largest absolute Gasteiger partial charge is 0.385 e. The van der Waals surface area contributed by atoms with Gasteiger partial charge in [0.25, 0.3) is 0 Å². The predicted octanol–water partition coefficient (Wildman–Crippen LogP) is 5.03. The van der Waals surface area contributed by atoms with Crippen molar-refractivity contribution in [1.29, 1.82) is 0 Å². The van der Waals surface area contributed by atoms with Crippen LogP contribution in [0.5, 0.6) is 0 Å². The molecule has 0 bridgehead atoms. The van der Waals surface area contributed by atoms with Crippen molar-refractivity contribution in [3.8, 4) is 0 Å². The van der Waals surface area contributed by atoms with E-state index in [0.29, 0.717) is 5.92 Å². The molecule has 0 saturated carbocycles. The summed E-state index contributed by atoms with van der Waals surface area (Å²) in [6.07, 6.45) is 10.1. The molecule has 19 heavy (non-hydrogen) atoms. The molecule has 0 aromatic carbocycles. The van der Waals surface area contributed by atoms with Gasteiger partial charge < -0.3 is 4.74 Å². The Bertz CT molecular complexity index is 254. The van der Waals surface area contributed by atoms with Gasteiger partial charge in [-0.2, -0.15) is 0 Å². The minimum absolute atomic E-state index is 0.613. The lowest BCUT2D eigenvalue weighted by Crippen LogP contribution is -1.98. The Balaban J connectivity index is 3.71. The van der Waals surface area contributed by atoms with Gasteiger partial charge in [-0.25, -0.2) is 4.99 Å². The van der Waals surface area contributed by atoms with E-state index in [1.807, 2.05) is 0 Å². The molecule has 1 unspecified atom stereocenters. The molecular formula is C17H33NO. The van der Waals surface area contributed by atoms with Crippen LogP contribution in [0.25, 0.3) is 0 Å². The van der Waals surface area contributed by atoms with E-state index in [0.717, 1.165) is 13.2 Å². The number of ether oxygens (including phenoxy) is 1. The summed E-state index contributed by atoms with van der Waals surface area (Å²) < 4.78 is 5.06. The third-order valence-corrected chi connectivity index (χ3v) is 3.60. The molecule has 0 saturated heterocycles. The zero-order chi connectivity index (χ0) is 14.3. The third-order valence-electron chi connectivity index (χ3n) is 3.60. The Morgan fingerprint density at radius 2 is 1.84 bits per heavy atom. The maximum atomic E-state index is 5.06. The topological polar surface area (TPSA) is 21.6 Å². The first-order valence-electron chi connectivity index (χ1n) is 7.97. The van der Waals surface area contributed by atoms with E-state index < -0.39 is 0 Å². The van der Waals surface area contributed by atoms with Gasteiger partial charge in [-0.15, -0.1) is 0 Å². The number of methoxy groups -OCH3 is 1. The van der Waals surface area contributed by atoms with Crippen LogP contribution in [-0.2, 0) is 4.74 Å². The van der Waals surface area contributed by atoms with Gasteiger partial charge in [0.2, 0.25) is 0 Å². The number of rotatable bonds is 12. The zero-order valence-electron chi connectivity index (χ0n) is 13.5. The monoisotopic (exact) mass is 267 g/mol. The second kappa shape index (κ2) is 13.8. The second-order valence-corrected chi connectivity index (χ2v) is 5.48. The first-order valence-corrected chi connectivity index (χ1v) is 7.97. The summed E-state index contributed by atoms with van der Waals surface area (Å²) >= 11 is 0. The molecule has 0 aromatic heterocycles. The average Bonchev–Trinajstić information content (AvgIpc) is 2.42. The van der Waals surface area contributed by atoms with E-state index in [9.17, 15) is 0 Å². The van der Waals surface area contributed by atoms with Crippen molar-refractivity contribution in [2.45, 2.75) is 72.1 Å². The Labute approximate surface area is 120 Å². The van der Waals surface area contributed by atoms with Crippen LogP contribution in [0.4, 0.5) is 0 Å². The summed E-state index contributed by atoms with van der Waals surface area (Å²) in [5.41, 5.74) is 1.31. The van der Waals surface area contributed by atoms with Crippen molar-refractivity contribution in [3.63, 3.8) is 0 Å². The summed E-state index contributed by atoms with van der Waals surface area (Å²) in [4.78, 5) is 4.41. The fourth-order valence-electron chi connectivity index (χ4n) is 2.00. The van der Waals surface area contributed by atoms with Crippen LogP contribution in [0.2, 0.25) is 0 Å². The highest BCUT2D eigenvalue weighted by Crippen LogP contribution is 2.15. The highest BCUT2D eigenvalue weighted by Gasteiger charge is 2.03. The lowest BCUT2D eigenvalue weighted by molar-refractivity contribution is 0.191. The van der Waals surface area contributed by atoms with E-state index in [-0.39, 0.29) is 0 Å². The summed E-state index contributed by atoms with van der Waals surface area (Å²) in [7, 11) is 1.77. The van der Waals surface area contributed by atoms with Crippen molar-refractivity contribution in [2.24, 2.45) is 10.9 Å². The molecule has 0 aliphatic carbocycles. The number of nitrogens with zero attached hydrogens (tertiary/aromatic N) is 1. The Morgan fingerprint density at radius 1 is 1.11 bits per heavy atom. The molecule has 0 heterocycles. The van der Waals surface area contributed by atoms with Crippen LogP contribution in [0.15, 0.2) is 10.6 Å². The van der Waals surface area contributed by atoms with Crippen LogP contribution >= 0.6 is 0 Å². The normalized spacial score (nSPS) is 12.0. The van der Waals surface area contributed by atoms with Gasteiger partial charge in [0.15, 0.2) is 0 Å². The van der Waals surface area contributed by atoms with Crippen molar-refractivity contribution < 1.29 is 4.74 Å². The minimum atomic E-state index is 0.613. The molecule has 0 N–H and O–H groups in total. The van der Waals surface area contributed by atoms with Crippen LogP contribution in [-0.4, -0.2) is 26.1 Å². The van der Waals surface area contributed by atoms with Crippen LogP contribution < -0.4 is 0 Å². The Kier molecular flexibility index (Phi) is 13.4. The molecule has 1 atom stereocenters. The molecule has 0 aliphatic rings. The van der Waals surface area contributed by atoms with Crippen LogP contribution in [0, 0.1) is 5.92 Å². The first-order chi connectivity index (χ1) is 9.22. The van der Waals surface area contributed by atoms with E-state index in [1.54, 1.807) is 7.11 Å². The van der Waals surface area contributed by atoms with Gasteiger partial charge in [0, 0.05) is 20.3 Å². The molecule has 112 valence electrons. The molecule has 0 spiro atoms. The van der Waals surface area contributed by atoms with Crippen molar-refractivity contribution in [3.05, 3.63) is 5.57 Å². The minimum Gasteiger partial charge on any atom is -0.385 e. The van der Waals surface area contributed by atoms with Crippen LogP contribution in [0.3, 0.4) is 0 Å². The molecule has 0 aliphatic heterocycles. The van der Waals surface area contributed by atoms with Gasteiger partial charge in [0.1, 0.15) is 0 Å². The predicted molar refractivity (Wildman–Crippen MR) is 85.1 cm³/mol. The molecule has 2 heteroatoms. The van der Waals surface area contributed by atoms with E-state index in [2.05, 4.69) is 31.6 Å². The van der Waals surface area contributed by atoms with E-state index in [4.69, 9.17) is 4.74 Å². The third kappa shape index (κ3) is 12.2. The summed E-state index contributed by atoms with van der Waals surface area (Å²) in [5, 5.41) is 0. The molecule has 0 amide bonds. The van der Waals surface area contributed by atoms with Gasteiger partial charge in [-0.1, -0.05) is 46.0 Å². The summed E-state index contributed by atoms with van der Waals surface area (Å²) in [6, 6.07) is 0. The fourth-order valence-corrected chi connectivity index (χ4v) is 2.00. The smallest absolute Gasteiger partial charge is 0.0484 e. The molecular weight excluding hydrogens is 234 g/mol. The van der Waals surface area contributed by atoms with Crippen LogP contribution in [0.1, 0.15) is 72.1 Å². The SMILES string of the molecule is CCCCCCN=C=C(C)C(C)CCCCCOC. The fraction of sp³-hybridized carbons (Fsp3) is 0.882. The molecule has 0 aromatic rings. The average molecular weight is 267 g/mol. The Hall–Kier alpha value is -0.590. The molecule has 2 nitrogen and oxygen atoms in total. The highest BCUT2D eigenvalue weighted by molar-refractivity contribution is 5.57. The lowest BCUT2D eigenvalue weighted by Gasteiger charge is -2.09. The summed E-state index contributed by atoms with van der Waals surface area (Å²) in [6.45, 7) is 8.52. The van der Waals surface area contributed by atoms with Gasteiger partial charge in [-0.3, -0.25) is 0 Å². The molecule has 0 radical (unpaired) electrons. The molecule has 0 fully saturated rings. The number of unbranched alkanes of at least 4 members (excludes halogenated alkanes) is 5. The summed E-state index contributed by atoms with van der Waals surface area (Å²) in [5.74, 6) is 3.84. The first kappa shape index (κ1) is 18.4. The quantitative estimate of drug-likeness (QED) is 0.359. The van der Waals surface area contributed by atoms with Crippen molar-refractivity contribution >= 4 is 5.87 Å². The highest BCUT2D eigenvalue weighted by atomic mass is 16.5. The van der Waals surface area contributed by atoms with E-state index >= 15 is 0 Å². The standard InChI is InChI=1S/C17H33NO/c1-5-6-7-10-13-18-15-17(3)16(2)12-9-8-11-14-19-4/h16H,5-14H2,1-4H3.